The highest BCUT2D eigenvalue weighted by Gasteiger charge is 2.09. The number of benzene rings is 2. The molecule has 134 valence electrons. The molecular weight excluding hydrogens is 415 g/mol. The average molecular weight is 428 g/mol. The summed E-state index contributed by atoms with van der Waals surface area (Å²) in [5, 5.41) is 4.82. The minimum Gasteiger partial charge on any atom is -0.484 e. The number of thiazole rings is 1. The number of anilines is 1. The van der Waals surface area contributed by atoms with E-state index in [4.69, 9.17) is 39.5 Å². The standard InChI is InChI=1S/C18H13Cl3N2O2S/c19-12-2-1-3-13(8-12)25-10-17(24)23-18-22-9-14(26-18)6-11-4-5-15(20)16(21)7-11/h1-5,7-9H,6,10H2,(H,22,23,24). The first-order valence-electron chi connectivity index (χ1n) is 7.56. The Morgan fingerprint density at radius 3 is 2.73 bits per heavy atom. The molecule has 0 unspecified atom stereocenters. The second kappa shape index (κ2) is 8.73. The maximum Gasteiger partial charge on any atom is 0.264 e. The van der Waals surface area contributed by atoms with Crippen LogP contribution in [0.1, 0.15) is 10.4 Å². The van der Waals surface area contributed by atoms with Gasteiger partial charge in [-0.2, -0.15) is 0 Å². The van der Waals surface area contributed by atoms with Gasteiger partial charge < -0.3 is 4.74 Å². The van der Waals surface area contributed by atoms with Gasteiger partial charge in [-0.25, -0.2) is 4.98 Å². The molecule has 1 aromatic heterocycles. The number of nitrogens with zero attached hydrogens (tertiary/aromatic N) is 1. The molecule has 0 aliphatic carbocycles. The number of nitrogens with one attached hydrogen (secondary N) is 1. The number of halogens is 3. The highest BCUT2D eigenvalue weighted by Crippen LogP contribution is 2.26. The lowest BCUT2D eigenvalue weighted by atomic mass is 10.1. The molecule has 8 heteroatoms. The van der Waals surface area contributed by atoms with E-state index in [1.165, 1.54) is 11.3 Å². The summed E-state index contributed by atoms with van der Waals surface area (Å²) in [6.45, 7) is -0.123. The zero-order valence-electron chi connectivity index (χ0n) is 13.3. The molecule has 0 atom stereocenters. The van der Waals surface area contributed by atoms with Crippen LogP contribution in [0.25, 0.3) is 0 Å². The van der Waals surface area contributed by atoms with Gasteiger partial charge in [0.15, 0.2) is 11.7 Å². The Morgan fingerprint density at radius 2 is 1.96 bits per heavy atom. The van der Waals surface area contributed by atoms with Crippen molar-refractivity contribution in [3.05, 3.63) is 74.2 Å². The molecule has 2 aromatic carbocycles. The number of aromatic nitrogens is 1. The molecule has 0 fully saturated rings. The minimum atomic E-state index is -0.291. The maximum absolute atomic E-state index is 12.0. The van der Waals surface area contributed by atoms with Crippen LogP contribution in [0.15, 0.2) is 48.7 Å². The molecule has 0 aliphatic heterocycles. The smallest absolute Gasteiger partial charge is 0.264 e. The monoisotopic (exact) mass is 426 g/mol. The number of hydrogen-bond donors (Lipinski definition) is 1. The topological polar surface area (TPSA) is 51.2 Å². The van der Waals surface area contributed by atoms with Gasteiger partial charge >= 0.3 is 0 Å². The molecule has 0 spiro atoms. The van der Waals surface area contributed by atoms with E-state index < -0.39 is 0 Å². The fraction of sp³-hybridized carbons (Fsp3) is 0.111. The van der Waals surface area contributed by atoms with Crippen molar-refractivity contribution in [1.82, 2.24) is 4.98 Å². The Kier molecular flexibility index (Phi) is 6.38. The molecule has 0 saturated heterocycles. The molecule has 3 rings (SSSR count). The fourth-order valence-electron chi connectivity index (χ4n) is 2.16. The van der Waals surface area contributed by atoms with Crippen LogP contribution in [0.3, 0.4) is 0 Å². The normalized spacial score (nSPS) is 10.6. The number of hydrogen-bond acceptors (Lipinski definition) is 4. The van der Waals surface area contributed by atoms with Gasteiger partial charge in [0.2, 0.25) is 0 Å². The van der Waals surface area contributed by atoms with Gasteiger partial charge in [-0.15, -0.1) is 11.3 Å². The largest absolute Gasteiger partial charge is 0.484 e. The third-order valence-electron chi connectivity index (χ3n) is 3.33. The highest BCUT2D eigenvalue weighted by molar-refractivity contribution is 7.15. The van der Waals surface area contributed by atoms with Crippen molar-refractivity contribution in [2.75, 3.05) is 11.9 Å². The van der Waals surface area contributed by atoms with Crippen molar-refractivity contribution in [2.45, 2.75) is 6.42 Å². The van der Waals surface area contributed by atoms with Crippen LogP contribution in [0.5, 0.6) is 5.75 Å². The molecule has 1 heterocycles. The van der Waals surface area contributed by atoms with E-state index in [1.54, 1.807) is 36.5 Å². The lowest BCUT2D eigenvalue weighted by Crippen LogP contribution is -2.19. The van der Waals surface area contributed by atoms with Crippen molar-refractivity contribution in [2.24, 2.45) is 0 Å². The van der Waals surface area contributed by atoms with Crippen LogP contribution in [-0.4, -0.2) is 17.5 Å². The molecular formula is C18H13Cl3N2O2S. The van der Waals surface area contributed by atoms with Crippen LogP contribution in [0.4, 0.5) is 5.13 Å². The van der Waals surface area contributed by atoms with E-state index in [2.05, 4.69) is 10.3 Å². The highest BCUT2D eigenvalue weighted by atomic mass is 35.5. The van der Waals surface area contributed by atoms with Crippen LogP contribution >= 0.6 is 46.1 Å². The third kappa shape index (κ3) is 5.35. The minimum absolute atomic E-state index is 0.123. The van der Waals surface area contributed by atoms with Crippen molar-refractivity contribution >= 4 is 57.2 Å². The van der Waals surface area contributed by atoms with Crippen LogP contribution < -0.4 is 10.1 Å². The summed E-state index contributed by atoms with van der Waals surface area (Å²) in [6, 6.07) is 12.4. The van der Waals surface area contributed by atoms with Crippen LogP contribution in [0, 0.1) is 0 Å². The summed E-state index contributed by atoms with van der Waals surface area (Å²) in [6.07, 6.45) is 2.38. The lowest BCUT2D eigenvalue weighted by molar-refractivity contribution is -0.118. The maximum atomic E-state index is 12.0. The first-order valence-corrected chi connectivity index (χ1v) is 9.51. The first kappa shape index (κ1) is 19.0. The fourth-order valence-corrected chi connectivity index (χ4v) is 3.52. The van der Waals surface area contributed by atoms with E-state index in [0.29, 0.717) is 32.4 Å². The van der Waals surface area contributed by atoms with Crippen molar-refractivity contribution < 1.29 is 9.53 Å². The van der Waals surface area contributed by atoms with Gasteiger partial charge in [-0.05, 0) is 35.9 Å². The number of amides is 1. The molecule has 4 nitrogen and oxygen atoms in total. The summed E-state index contributed by atoms with van der Waals surface area (Å²) in [7, 11) is 0. The van der Waals surface area contributed by atoms with E-state index in [1.807, 2.05) is 12.1 Å². The van der Waals surface area contributed by atoms with Crippen molar-refractivity contribution in [3.63, 3.8) is 0 Å². The summed E-state index contributed by atoms with van der Waals surface area (Å²) in [4.78, 5) is 17.2. The van der Waals surface area contributed by atoms with Gasteiger partial charge in [0, 0.05) is 22.5 Å². The summed E-state index contributed by atoms with van der Waals surface area (Å²) < 4.78 is 5.40. The van der Waals surface area contributed by atoms with E-state index in [9.17, 15) is 4.79 Å². The molecule has 0 aliphatic rings. The number of carbonyl (C=O) groups is 1. The Bertz CT molecular complexity index is 930. The number of ether oxygens (including phenoxy) is 1. The Balaban J connectivity index is 1.54. The van der Waals surface area contributed by atoms with E-state index in [-0.39, 0.29) is 12.5 Å². The quantitative estimate of drug-likeness (QED) is 0.548. The predicted octanol–water partition coefficient (Wildman–Crippen LogP) is 5.71. The second-order valence-corrected chi connectivity index (χ2v) is 7.72. The van der Waals surface area contributed by atoms with Gasteiger partial charge in [-0.1, -0.05) is 46.9 Å². The van der Waals surface area contributed by atoms with Crippen molar-refractivity contribution in [3.8, 4) is 5.75 Å². The molecule has 3 aromatic rings. The number of carbonyl (C=O) groups excluding carboxylic acids is 1. The molecule has 1 N–H and O–H groups in total. The van der Waals surface area contributed by atoms with E-state index >= 15 is 0 Å². The van der Waals surface area contributed by atoms with Crippen LogP contribution in [0.2, 0.25) is 15.1 Å². The Hall–Kier alpha value is -1.79. The Labute approximate surface area is 169 Å². The van der Waals surface area contributed by atoms with Gasteiger partial charge in [-0.3, -0.25) is 10.1 Å². The zero-order valence-corrected chi connectivity index (χ0v) is 16.4. The summed E-state index contributed by atoms with van der Waals surface area (Å²) in [5.41, 5.74) is 1.02. The molecule has 1 amide bonds. The third-order valence-corrected chi connectivity index (χ3v) is 5.22. The van der Waals surface area contributed by atoms with Gasteiger partial charge in [0.25, 0.3) is 5.91 Å². The Morgan fingerprint density at radius 1 is 1.12 bits per heavy atom. The average Bonchev–Trinajstić information content (AvgIpc) is 3.03. The van der Waals surface area contributed by atoms with Crippen LogP contribution in [-0.2, 0) is 11.2 Å². The SMILES string of the molecule is O=C(COc1cccc(Cl)c1)Nc1ncc(Cc2ccc(Cl)c(Cl)c2)s1. The van der Waals surface area contributed by atoms with Gasteiger partial charge in [0.05, 0.1) is 10.0 Å². The summed E-state index contributed by atoms with van der Waals surface area (Å²) >= 11 is 19.2. The second-order valence-electron chi connectivity index (χ2n) is 5.35. The predicted molar refractivity (Wildman–Crippen MR) is 107 cm³/mol. The van der Waals surface area contributed by atoms with Crippen molar-refractivity contribution in [1.29, 1.82) is 0 Å². The first-order chi connectivity index (χ1) is 12.5. The van der Waals surface area contributed by atoms with E-state index in [0.717, 1.165) is 10.4 Å². The number of rotatable bonds is 6. The summed E-state index contributed by atoms with van der Waals surface area (Å²) in [5.74, 6) is 0.243. The molecule has 0 saturated carbocycles. The molecule has 0 radical (unpaired) electrons. The van der Waals surface area contributed by atoms with Gasteiger partial charge in [0.1, 0.15) is 5.75 Å². The molecule has 26 heavy (non-hydrogen) atoms. The lowest BCUT2D eigenvalue weighted by Gasteiger charge is -2.05. The zero-order chi connectivity index (χ0) is 18.5. The molecule has 0 bridgehead atoms.